The summed E-state index contributed by atoms with van der Waals surface area (Å²) in [6.45, 7) is 2.35. The molecule has 3 aromatic rings. The molecule has 26 heavy (non-hydrogen) atoms. The van der Waals surface area contributed by atoms with Crippen molar-refractivity contribution in [2.24, 2.45) is 0 Å². The Morgan fingerprint density at radius 2 is 1.38 bits per heavy atom. The van der Waals surface area contributed by atoms with E-state index < -0.39 is 0 Å². The molecule has 1 unspecified atom stereocenters. The number of benzene rings is 3. The van der Waals surface area contributed by atoms with Gasteiger partial charge in [0.15, 0.2) is 0 Å². The largest absolute Gasteiger partial charge is 0.371 e. The van der Waals surface area contributed by atoms with Crippen molar-refractivity contribution in [2.45, 2.75) is 31.2 Å². The van der Waals surface area contributed by atoms with Gasteiger partial charge in [-0.2, -0.15) is 0 Å². The minimum absolute atomic E-state index is 0.00229. The molecular weight excluding hydrogens is 338 g/mol. The Kier molecular flexibility index (Phi) is 4.50. The molecule has 0 N–H and O–H groups in total. The van der Waals surface area contributed by atoms with E-state index in [1.807, 2.05) is 6.07 Å². The van der Waals surface area contributed by atoms with Crippen LogP contribution in [0.1, 0.15) is 23.6 Å². The average Bonchev–Trinajstić information content (AvgIpc) is 2.85. The summed E-state index contributed by atoms with van der Waals surface area (Å²) >= 11 is 6.43. The van der Waals surface area contributed by atoms with Crippen LogP contribution in [0.5, 0.6) is 0 Å². The zero-order valence-corrected chi connectivity index (χ0v) is 16.1. The van der Waals surface area contributed by atoms with Gasteiger partial charge < -0.3 is 4.90 Å². The molecule has 1 aliphatic rings. The van der Waals surface area contributed by atoms with Gasteiger partial charge in [-0.1, -0.05) is 72.3 Å². The second-order valence-electron chi connectivity index (χ2n) is 7.43. The van der Waals surface area contributed by atoms with Crippen molar-refractivity contribution in [3.8, 4) is 0 Å². The molecular formula is C24H24ClN. The Bertz CT molecular complexity index is 847. The van der Waals surface area contributed by atoms with Crippen LogP contribution in [0.15, 0.2) is 78.9 Å². The SMILES string of the molecule is CC1N(C)c2ccc(Cl)cc2C1(Cc1ccccc1)Cc1ccccc1. The third kappa shape index (κ3) is 2.91. The van der Waals surface area contributed by atoms with Crippen LogP contribution in [-0.4, -0.2) is 13.1 Å². The molecule has 0 aromatic heterocycles. The lowest BCUT2D eigenvalue weighted by Crippen LogP contribution is -2.44. The number of hydrogen-bond acceptors (Lipinski definition) is 1. The van der Waals surface area contributed by atoms with Crippen LogP contribution >= 0.6 is 11.6 Å². The highest BCUT2D eigenvalue weighted by molar-refractivity contribution is 6.30. The van der Waals surface area contributed by atoms with Gasteiger partial charge in [0, 0.05) is 29.2 Å². The highest BCUT2D eigenvalue weighted by Gasteiger charge is 2.47. The summed E-state index contributed by atoms with van der Waals surface area (Å²) in [5.74, 6) is 0. The van der Waals surface area contributed by atoms with Crippen molar-refractivity contribution in [3.05, 3.63) is 101 Å². The van der Waals surface area contributed by atoms with E-state index >= 15 is 0 Å². The molecule has 0 spiro atoms. The summed E-state index contributed by atoms with van der Waals surface area (Å²) in [6.07, 6.45) is 2.00. The molecule has 132 valence electrons. The Morgan fingerprint density at radius 3 is 1.92 bits per heavy atom. The van der Waals surface area contributed by atoms with E-state index in [0.29, 0.717) is 6.04 Å². The fourth-order valence-corrected chi connectivity index (χ4v) is 4.66. The fourth-order valence-electron chi connectivity index (χ4n) is 4.49. The predicted molar refractivity (Wildman–Crippen MR) is 111 cm³/mol. The van der Waals surface area contributed by atoms with Crippen molar-refractivity contribution in [1.29, 1.82) is 0 Å². The molecule has 4 rings (SSSR count). The first-order valence-electron chi connectivity index (χ1n) is 9.21. The Morgan fingerprint density at radius 1 is 0.846 bits per heavy atom. The summed E-state index contributed by atoms with van der Waals surface area (Å²) in [7, 11) is 2.20. The zero-order chi connectivity index (χ0) is 18.1. The highest BCUT2D eigenvalue weighted by atomic mass is 35.5. The van der Waals surface area contributed by atoms with Gasteiger partial charge in [-0.05, 0) is 54.7 Å². The molecule has 0 bridgehead atoms. The van der Waals surface area contributed by atoms with E-state index in [1.54, 1.807) is 0 Å². The average molecular weight is 362 g/mol. The standard InChI is InChI=1S/C24H24ClN/c1-18-24(16-19-9-5-3-6-10-19,17-20-11-7-4-8-12-20)22-15-21(25)13-14-23(22)26(18)2/h3-15,18H,16-17H2,1-2H3. The molecule has 0 aliphatic carbocycles. The first-order valence-corrected chi connectivity index (χ1v) is 9.59. The summed E-state index contributed by atoms with van der Waals surface area (Å²) in [5.41, 5.74) is 5.41. The maximum absolute atomic E-state index is 6.43. The number of nitrogens with zero attached hydrogens (tertiary/aromatic N) is 1. The van der Waals surface area contributed by atoms with Crippen LogP contribution in [0.25, 0.3) is 0 Å². The second-order valence-corrected chi connectivity index (χ2v) is 7.87. The van der Waals surface area contributed by atoms with Gasteiger partial charge in [-0.15, -0.1) is 0 Å². The lowest BCUT2D eigenvalue weighted by atomic mass is 9.69. The van der Waals surface area contributed by atoms with Crippen LogP contribution in [0, 0.1) is 0 Å². The predicted octanol–water partition coefficient (Wildman–Crippen LogP) is 5.90. The van der Waals surface area contributed by atoms with Crippen molar-refractivity contribution < 1.29 is 0 Å². The van der Waals surface area contributed by atoms with Crippen molar-refractivity contribution >= 4 is 17.3 Å². The summed E-state index contributed by atoms with van der Waals surface area (Å²) in [5, 5.41) is 0.816. The minimum atomic E-state index is -0.00229. The number of likely N-dealkylation sites (N-methyl/N-ethyl adjacent to an activating group) is 1. The fraction of sp³-hybridized carbons (Fsp3) is 0.250. The number of hydrogen-bond donors (Lipinski definition) is 0. The molecule has 0 radical (unpaired) electrons. The molecule has 0 saturated heterocycles. The third-order valence-electron chi connectivity index (χ3n) is 5.98. The first-order chi connectivity index (χ1) is 12.6. The quantitative estimate of drug-likeness (QED) is 0.559. The smallest absolute Gasteiger partial charge is 0.0410 e. The molecule has 1 atom stereocenters. The monoisotopic (exact) mass is 361 g/mol. The van der Waals surface area contributed by atoms with E-state index in [4.69, 9.17) is 11.6 Å². The Hall–Kier alpha value is -2.25. The molecule has 1 heterocycles. The van der Waals surface area contributed by atoms with Gasteiger partial charge in [-0.25, -0.2) is 0 Å². The molecule has 0 fully saturated rings. The lowest BCUT2D eigenvalue weighted by molar-refractivity contribution is 0.370. The molecule has 2 heteroatoms. The van der Waals surface area contributed by atoms with Crippen LogP contribution < -0.4 is 4.90 Å². The molecule has 1 nitrogen and oxygen atoms in total. The summed E-state index contributed by atoms with van der Waals surface area (Å²) < 4.78 is 0. The van der Waals surface area contributed by atoms with Crippen molar-refractivity contribution in [3.63, 3.8) is 0 Å². The number of fused-ring (bicyclic) bond motifs is 1. The lowest BCUT2D eigenvalue weighted by Gasteiger charge is -2.37. The third-order valence-corrected chi connectivity index (χ3v) is 6.22. The Labute approximate surface area is 161 Å². The van der Waals surface area contributed by atoms with Gasteiger partial charge in [-0.3, -0.25) is 0 Å². The van der Waals surface area contributed by atoms with Gasteiger partial charge in [0.1, 0.15) is 0 Å². The molecule has 0 amide bonds. The first kappa shape index (κ1) is 17.2. The van der Waals surface area contributed by atoms with Gasteiger partial charge in [0.25, 0.3) is 0 Å². The normalized spacial score (nSPS) is 18.0. The van der Waals surface area contributed by atoms with E-state index in [-0.39, 0.29) is 5.41 Å². The van der Waals surface area contributed by atoms with E-state index in [9.17, 15) is 0 Å². The van der Waals surface area contributed by atoms with Crippen LogP contribution in [0.4, 0.5) is 5.69 Å². The topological polar surface area (TPSA) is 3.24 Å². The minimum Gasteiger partial charge on any atom is -0.371 e. The van der Waals surface area contributed by atoms with Crippen molar-refractivity contribution in [2.75, 3.05) is 11.9 Å². The maximum atomic E-state index is 6.43. The van der Waals surface area contributed by atoms with E-state index in [2.05, 4.69) is 91.7 Å². The summed E-state index contributed by atoms with van der Waals surface area (Å²) in [4.78, 5) is 2.41. The van der Waals surface area contributed by atoms with Crippen LogP contribution in [-0.2, 0) is 18.3 Å². The van der Waals surface area contributed by atoms with Gasteiger partial charge in [0.2, 0.25) is 0 Å². The molecule has 0 saturated carbocycles. The van der Waals surface area contributed by atoms with E-state index in [1.165, 1.54) is 22.4 Å². The number of anilines is 1. The highest BCUT2D eigenvalue weighted by Crippen LogP contribution is 2.49. The zero-order valence-electron chi connectivity index (χ0n) is 15.3. The number of halogens is 1. The van der Waals surface area contributed by atoms with Crippen LogP contribution in [0.3, 0.4) is 0 Å². The van der Waals surface area contributed by atoms with Gasteiger partial charge >= 0.3 is 0 Å². The maximum Gasteiger partial charge on any atom is 0.0410 e. The van der Waals surface area contributed by atoms with Crippen LogP contribution in [0.2, 0.25) is 5.02 Å². The second kappa shape index (κ2) is 6.81. The van der Waals surface area contributed by atoms with E-state index in [0.717, 1.165) is 17.9 Å². The van der Waals surface area contributed by atoms with Gasteiger partial charge in [0.05, 0.1) is 0 Å². The Balaban J connectivity index is 1.87. The number of rotatable bonds is 4. The summed E-state index contributed by atoms with van der Waals surface area (Å²) in [6, 6.07) is 28.4. The van der Waals surface area contributed by atoms with Crippen molar-refractivity contribution in [1.82, 2.24) is 0 Å². The molecule has 3 aromatic carbocycles. The molecule has 1 aliphatic heterocycles.